The predicted octanol–water partition coefficient (Wildman–Crippen LogP) is 4.01. The number of aryl methyl sites for hydroxylation is 1. The van der Waals surface area contributed by atoms with Crippen molar-refractivity contribution in [2.75, 3.05) is 5.32 Å². The summed E-state index contributed by atoms with van der Waals surface area (Å²) in [6.07, 6.45) is 3.03. The van der Waals surface area contributed by atoms with Crippen LogP contribution in [0.2, 0.25) is 0 Å². The quantitative estimate of drug-likeness (QED) is 0.870. The summed E-state index contributed by atoms with van der Waals surface area (Å²) >= 11 is 1.73. The molecule has 0 saturated heterocycles. The molecule has 1 amide bonds. The molecule has 108 valence electrons. The summed E-state index contributed by atoms with van der Waals surface area (Å²) in [6, 6.07) is 9.17. The van der Waals surface area contributed by atoms with Gasteiger partial charge in [-0.3, -0.25) is 9.59 Å². The molecule has 1 heterocycles. The summed E-state index contributed by atoms with van der Waals surface area (Å²) in [6.45, 7) is 1.53. The monoisotopic (exact) mass is 299 g/mol. The lowest BCUT2D eigenvalue weighted by atomic mass is 9.87. The van der Waals surface area contributed by atoms with Crippen molar-refractivity contribution in [1.29, 1.82) is 0 Å². The van der Waals surface area contributed by atoms with Gasteiger partial charge in [0, 0.05) is 16.1 Å². The molecule has 2 aromatic rings. The second-order valence-corrected chi connectivity index (χ2v) is 6.37. The van der Waals surface area contributed by atoms with Gasteiger partial charge in [0.1, 0.15) is 0 Å². The molecule has 1 unspecified atom stereocenters. The highest BCUT2D eigenvalue weighted by atomic mass is 32.1. The van der Waals surface area contributed by atoms with Gasteiger partial charge in [-0.05, 0) is 55.3 Å². The van der Waals surface area contributed by atoms with E-state index < -0.39 is 0 Å². The average Bonchev–Trinajstić information content (AvgIpc) is 2.95. The number of thiophene rings is 1. The number of benzene rings is 1. The van der Waals surface area contributed by atoms with E-state index in [1.807, 2.05) is 6.07 Å². The molecule has 1 aromatic carbocycles. The van der Waals surface area contributed by atoms with E-state index in [9.17, 15) is 9.59 Å². The highest BCUT2D eigenvalue weighted by Crippen LogP contribution is 2.35. The van der Waals surface area contributed by atoms with Crippen molar-refractivity contribution in [3.8, 4) is 0 Å². The number of rotatable bonds is 3. The Kier molecular flexibility index (Phi) is 3.88. The lowest BCUT2D eigenvalue weighted by Crippen LogP contribution is -2.23. The summed E-state index contributed by atoms with van der Waals surface area (Å²) in [5, 5.41) is 5.01. The first-order valence-electron chi connectivity index (χ1n) is 7.13. The highest BCUT2D eigenvalue weighted by molar-refractivity contribution is 7.10. The number of anilines is 1. The van der Waals surface area contributed by atoms with Crippen LogP contribution in [0.1, 0.15) is 46.5 Å². The molecule has 1 aliphatic rings. The largest absolute Gasteiger partial charge is 0.326 e. The molecule has 0 fully saturated rings. The maximum atomic E-state index is 12.5. The van der Waals surface area contributed by atoms with Gasteiger partial charge in [-0.25, -0.2) is 0 Å². The van der Waals surface area contributed by atoms with Crippen LogP contribution in [0.25, 0.3) is 0 Å². The summed E-state index contributed by atoms with van der Waals surface area (Å²) in [5.41, 5.74) is 2.48. The fraction of sp³-hybridized carbons (Fsp3) is 0.294. The third-order valence-corrected chi connectivity index (χ3v) is 4.90. The van der Waals surface area contributed by atoms with Gasteiger partial charge in [0.15, 0.2) is 5.78 Å². The number of hydrogen-bond acceptors (Lipinski definition) is 3. The van der Waals surface area contributed by atoms with Crippen LogP contribution in [0, 0.1) is 0 Å². The standard InChI is InChI=1S/C17H17NO2S/c1-11(19)12-4-2-5-13(10-12)18-17(20)15-6-3-7-16-14(15)8-9-21-16/h2,4-5,8-10,15H,3,6-7H2,1H3,(H,18,20). The lowest BCUT2D eigenvalue weighted by Gasteiger charge is -2.21. The van der Waals surface area contributed by atoms with Crippen LogP contribution in [0.4, 0.5) is 5.69 Å². The van der Waals surface area contributed by atoms with Crippen molar-refractivity contribution in [3.05, 3.63) is 51.7 Å². The van der Waals surface area contributed by atoms with Crippen LogP contribution >= 0.6 is 11.3 Å². The zero-order valence-corrected chi connectivity index (χ0v) is 12.7. The number of carbonyl (C=O) groups excluding carboxylic acids is 2. The fourth-order valence-corrected chi connectivity index (χ4v) is 3.79. The summed E-state index contributed by atoms with van der Waals surface area (Å²) in [7, 11) is 0. The molecule has 0 spiro atoms. The van der Waals surface area contributed by atoms with E-state index in [2.05, 4.69) is 16.8 Å². The minimum absolute atomic E-state index is 0.00360. The number of hydrogen-bond donors (Lipinski definition) is 1. The van der Waals surface area contributed by atoms with Crippen molar-refractivity contribution in [1.82, 2.24) is 0 Å². The Hall–Kier alpha value is -1.94. The van der Waals surface area contributed by atoms with Crippen molar-refractivity contribution in [2.45, 2.75) is 32.1 Å². The predicted molar refractivity (Wildman–Crippen MR) is 85.1 cm³/mol. The molecule has 1 atom stereocenters. The molecule has 0 bridgehead atoms. The van der Waals surface area contributed by atoms with Gasteiger partial charge in [-0.1, -0.05) is 12.1 Å². The summed E-state index contributed by atoms with van der Waals surface area (Å²) in [5.74, 6) is -0.0417. The zero-order valence-electron chi connectivity index (χ0n) is 11.9. The molecule has 3 nitrogen and oxygen atoms in total. The smallest absolute Gasteiger partial charge is 0.231 e. The van der Waals surface area contributed by atoms with Crippen molar-refractivity contribution < 1.29 is 9.59 Å². The Balaban J connectivity index is 1.79. The zero-order chi connectivity index (χ0) is 14.8. The Morgan fingerprint density at radius 2 is 2.14 bits per heavy atom. The number of fused-ring (bicyclic) bond motifs is 1. The van der Waals surface area contributed by atoms with Gasteiger partial charge in [0.05, 0.1) is 5.92 Å². The van der Waals surface area contributed by atoms with Gasteiger partial charge in [-0.15, -0.1) is 11.3 Å². The summed E-state index contributed by atoms with van der Waals surface area (Å²) < 4.78 is 0. The number of amides is 1. The van der Waals surface area contributed by atoms with Gasteiger partial charge < -0.3 is 5.32 Å². The number of Topliss-reactive ketones (excluding diaryl/α,β-unsaturated/α-hetero) is 1. The van der Waals surface area contributed by atoms with Gasteiger partial charge in [0.25, 0.3) is 0 Å². The second-order valence-electron chi connectivity index (χ2n) is 5.37. The van der Waals surface area contributed by atoms with Crippen LogP contribution in [-0.4, -0.2) is 11.7 Å². The molecule has 4 heteroatoms. The van der Waals surface area contributed by atoms with E-state index in [0.717, 1.165) is 19.3 Å². The van der Waals surface area contributed by atoms with Crippen LogP contribution in [-0.2, 0) is 11.2 Å². The summed E-state index contributed by atoms with van der Waals surface area (Å²) in [4.78, 5) is 25.3. The number of ketones is 1. The number of nitrogens with one attached hydrogen (secondary N) is 1. The minimum Gasteiger partial charge on any atom is -0.326 e. The van der Waals surface area contributed by atoms with Gasteiger partial charge in [-0.2, -0.15) is 0 Å². The van der Waals surface area contributed by atoms with E-state index in [1.54, 1.807) is 29.5 Å². The Morgan fingerprint density at radius 1 is 1.29 bits per heavy atom. The van der Waals surface area contributed by atoms with Crippen LogP contribution < -0.4 is 5.32 Å². The van der Waals surface area contributed by atoms with E-state index >= 15 is 0 Å². The van der Waals surface area contributed by atoms with E-state index in [1.165, 1.54) is 17.4 Å². The average molecular weight is 299 g/mol. The third kappa shape index (κ3) is 2.90. The first-order valence-corrected chi connectivity index (χ1v) is 8.01. The lowest BCUT2D eigenvalue weighted by molar-refractivity contribution is -0.117. The van der Waals surface area contributed by atoms with Crippen LogP contribution in [0.15, 0.2) is 35.7 Å². The maximum Gasteiger partial charge on any atom is 0.231 e. The minimum atomic E-state index is -0.0685. The fourth-order valence-electron chi connectivity index (χ4n) is 2.80. The molecule has 0 radical (unpaired) electrons. The van der Waals surface area contributed by atoms with E-state index in [4.69, 9.17) is 0 Å². The first-order chi connectivity index (χ1) is 10.1. The van der Waals surface area contributed by atoms with Crippen molar-refractivity contribution in [3.63, 3.8) is 0 Å². The molecule has 21 heavy (non-hydrogen) atoms. The SMILES string of the molecule is CC(=O)c1cccc(NC(=O)C2CCCc3sccc32)c1. The van der Waals surface area contributed by atoms with Crippen LogP contribution in [0.3, 0.4) is 0 Å². The molecule has 1 aromatic heterocycles. The highest BCUT2D eigenvalue weighted by Gasteiger charge is 2.27. The Labute approximate surface area is 128 Å². The molecule has 1 aliphatic carbocycles. The van der Waals surface area contributed by atoms with E-state index in [-0.39, 0.29) is 17.6 Å². The molecule has 3 rings (SSSR count). The van der Waals surface area contributed by atoms with Gasteiger partial charge >= 0.3 is 0 Å². The second kappa shape index (κ2) is 5.82. The van der Waals surface area contributed by atoms with Gasteiger partial charge in [0.2, 0.25) is 5.91 Å². The molecular weight excluding hydrogens is 282 g/mol. The van der Waals surface area contributed by atoms with Crippen molar-refractivity contribution in [2.24, 2.45) is 0 Å². The van der Waals surface area contributed by atoms with Crippen molar-refractivity contribution >= 4 is 28.7 Å². The Bertz CT molecular complexity index is 690. The first kappa shape index (κ1) is 14.0. The van der Waals surface area contributed by atoms with Crippen LogP contribution in [0.5, 0.6) is 0 Å². The molecule has 0 saturated carbocycles. The molecular formula is C17H17NO2S. The normalized spacial score (nSPS) is 17.1. The topological polar surface area (TPSA) is 46.2 Å². The third-order valence-electron chi connectivity index (χ3n) is 3.91. The molecule has 0 aliphatic heterocycles. The molecule has 1 N–H and O–H groups in total. The number of carbonyl (C=O) groups is 2. The Morgan fingerprint density at radius 3 is 2.95 bits per heavy atom. The van der Waals surface area contributed by atoms with E-state index in [0.29, 0.717) is 11.3 Å². The maximum absolute atomic E-state index is 12.5.